The van der Waals surface area contributed by atoms with Gasteiger partial charge in [0.25, 0.3) is 0 Å². The van der Waals surface area contributed by atoms with E-state index in [1.807, 2.05) is 6.08 Å². The first kappa shape index (κ1) is 11.2. The second-order valence-corrected chi connectivity index (χ2v) is 6.33. The van der Waals surface area contributed by atoms with Crippen molar-refractivity contribution < 1.29 is 5.11 Å². The number of aliphatic hydroxyl groups is 1. The second kappa shape index (κ2) is 3.93. The van der Waals surface area contributed by atoms with E-state index in [1.54, 1.807) is 0 Å². The topological polar surface area (TPSA) is 20.2 Å². The van der Waals surface area contributed by atoms with E-state index in [1.165, 1.54) is 12.8 Å². The van der Waals surface area contributed by atoms with Crippen LogP contribution in [-0.4, -0.2) is 11.2 Å². The van der Waals surface area contributed by atoms with E-state index in [4.69, 9.17) is 0 Å². The molecule has 15 heavy (non-hydrogen) atoms. The van der Waals surface area contributed by atoms with Gasteiger partial charge in [-0.2, -0.15) is 0 Å². The van der Waals surface area contributed by atoms with Gasteiger partial charge in [-0.25, -0.2) is 0 Å². The van der Waals surface area contributed by atoms with Crippen molar-refractivity contribution in [1.82, 2.24) is 0 Å². The molecule has 0 saturated heterocycles. The SMILES string of the molecule is C=CCCC1C(O)C[C@@H]2CC(C)(C)CC12. The van der Waals surface area contributed by atoms with Crippen molar-refractivity contribution in [2.45, 2.75) is 52.1 Å². The summed E-state index contributed by atoms with van der Waals surface area (Å²) in [4.78, 5) is 0. The van der Waals surface area contributed by atoms with Crippen LogP contribution in [0.2, 0.25) is 0 Å². The molecule has 2 aliphatic carbocycles. The monoisotopic (exact) mass is 208 g/mol. The zero-order valence-corrected chi connectivity index (χ0v) is 10.1. The van der Waals surface area contributed by atoms with Crippen molar-refractivity contribution >= 4 is 0 Å². The molecule has 0 aliphatic heterocycles. The molecule has 0 heterocycles. The molecule has 0 bridgehead atoms. The van der Waals surface area contributed by atoms with Crippen molar-refractivity contribution in [1.29, 1.82) is 0 Å². The van der Waals surface area contributed by atoms with Crippen LogP contribution < -0.4 is 0 Å². The Labute approximate surface area is 93.6 Å². The van der Waals surface area contributed by atoms with Crippen LogP contribution in [0.1, 0.15) is 46.0 Å². The van der Waals surface area contributed by atoms with Crippen molar-refractivity contribution in [2.24, 2.45) is 23.2 Å². The summed E-state index contributed by atoms with van der Waals surface area (Å²) in [5.41, 5.74) is 0.516. The molecule has 3 unspecified atom stereocenters. The van der Waals surface area contributed by atoms with Crippen molar-refractivity contribution in [3.63, 3.8) is 0 Å². The van der Waals surface area contributed by atoms with E-state index in [2.05, 4.69) is 20.4 Å². The summed E-state index contributed by atoms with van der Waals surface area (Å²) < 4.78 is 0. The fraction of sp³-hybridized carbons (Fsp3) is 0.857. The molecule has 1 nitrogen and oxygen atoms in total. The quantitative estimate of drug-likeness (QED) is 0.705. The van der Waals surface area contributed by atoms with Crippen LogP contribution >= 0.6 is 0 Å². The van der Waals surface area contributed by atoms with Gasteiger partial charge in [0.2, 0.25) is 0 Å². The molecule has 0 amide bonds. The molecule has 2 fully saturated rings. The van der Waals surface area contributed by atoms with E-state index in [0.29, 0.717) is 11.3 Å². The molecule has 2 aliphatic rings. The number of fused-ring (bicyclic) bond motifs is 1. The molecule has 0 aromatic rings. The summed E-state index contributed by atoms with van der Waals surface area (Å²) in [5, 5.41) is 10.1. The van der Waals surface area contributed by atoms with Gasteiger partial charge in [-0.3, -0.25) is 0 Å². The average Bonchev–Trinajstić information content (AvgIpc) is 2.54. The predicted octanol–water partition coefficient (Wildman–Crippen LogP) is 3.39. The lowest BCUT2D eigenvalue weighted by Gasteiger charge is -2.24. The molecule has 0 spiro atoms. The zero-order chi connectivity index (χ0) is 11.1. The Bertz CT molecular complexity index is 244. The lowest BCUT2D eigenvalue weighted by molar-refractivity contribution is 0.102. The highest BCUT2D eigenvalue weighted by Gasteiger charge is 2.49. The Morgan fingerprint density at radius 3 is 2.80 bits per heavy atom. The average molecular weight is 208 g/mol. The van der Waals surface area contributed by atoms with E-state index >= 15 is 0 Å². The smallest absolute Gasteiger partial charge is 0.0574 e. The molecular weight excluding hydrogens is 184 g/mol. The second-order valence-electron chi connectivity index (χ2n) is 6.33. The van der Waals surface area contributed by atoms with Gasteiger partial charge in [0.1, 0.15) is 0 Å². The number of rotatable bonds is 3. The Balaban J connectivity index is 2.02. The highest BCUT2D eigenvalue weighted by atomic mass is 16.3. The van der Waals surface area contributed by atoms with Crippen LogP contribution in [0.5, 0.6) is 0 Å². The standard InChI is InChI=1S/C14H24O/c1-4-5-6-11-12-9-14(2,3)8-10(12)7-13(11)15/h4,10-13,15H,1,5-9H2,2-3H3/t10-,11?,12?,13?/m1/s1. The van der Waals surface area contributed by atoms with Gasteiger partial charge in [0.15, 0.2) is 0 Å². The lowest BCUT2D eigenvalue weighted by Crippen LogP contribution is -2.20. The molecule has 4 atom stereocenters. The fourth-order valence-electron chi connectivity index (χ4n) is 4.00. The minimum absolute atomic E-state index is 0.0314. The molecule has 2 rings (SSSR count). The Morgan fingerprint density at radius 1 is 1.40 bits per heavy atom. The highest BCUT2D eigenvalue weighted by molar-refractivity contribution is 5.00. The van der Waals surface area contributed by atoms with Crippen LogP contribution in [-0.2, 0) is 0 Å². The third-order valence-corrected chi connectivity index (χ3v) is 4.50. The van der Waals surface area contributed by atoms with Crippen LogP contribution in [0, 0.1) is 23.2 Å². The molecule has 0 aromatic heterocycles. The highest BCUT2D eigenvalue weighted by Crippen LogP contribution is 2.55. The molecule has 1 N–H and O–H groups in total. The third-order valence-electron chi connectivity index (χ3n) is 4.50. The summed E-state index contributed by atoms with van der Waals surface area (Å²) in [6.45, 7) is 8.53. The van der Waals surface area contributed by atoms with E-state index in [9.17, 15) is 5.11 Å². The number of hydrogen-bond acceptors (Lipinski definition) is 1. The first-order valence-electron chi connectivity index (χ1n) is 6.32. The first-order valence-corrected chi connectivity index (χ1v) is 6.32. The van der Waals surface area contributed by atoms with Gasteiger partial charge in [0.05, 0.1) is 6.10 Å². The Morgan fingerprint density at radius 2 is 2.13 bits per heavy atom. The lowest BCUT2D eigenvalue weighted by atomic mass is 9.83. The minimum Gasteiger partial charge on any atom is -0.393 e. The summed E-state index contributed by atoms with van der Waals surface area (Å²) in [5.74, 6) is 2.13. The van der Waals surface area contributed by atoms with Gasteiger partial charge >= 0.3 is 0 Å². The molecule has 0 aromatic carbocycles. The van der Waals surface area contributed by atoms with Gasteiger partial charge in [-0.1, -0.05) is 19.9 Å². The van der Waals surface area contributed by atoms with E-state index in [-0.39, 0.29) is 6.10 Å². The normalized spacial score (nSPS) is 42.9. The molecule has 1 heteroatoms. The first-order chi connectivity index (χ1) is 7.03. The van der Waals surface area contributed by atoms with Crippen molar-refractivity contribution in [2.75, 3.05) is 0 Å². The van der Waals surface area contributed by atoms with Gasteiger partial charge in [-0.05, 0) is 55.3 Å². The molecule has 0 radical (unpaired) electrons. The summed E-state index contributed by atoms with van der Waals surface area (Å²) in [7, 11) is 0. The third kappa shape index (κ3) is 2.13. The van der Waals surface area contributed by atoms with E-state index < -0.39 is 0 Å². The Hall–Kier alpha value is -0.300. The maximum Gasteiger partial charge on any atom is 0.0574 e. The molecular formula is C14H24O. The number of hydrogen-bond donors (Lipinski definition) is 1. The zero-order valence-electron chi connectivity index (χ0n) is 10.1. The number of allylic oxidation sites excluding steroid dienone is 1. The Kier molecular flexibility index (Phi) is 2.94. The summed E-state index contributed by atoms with van der Waals surface area (Å²) >= 11 is 0. The van der Waals surface area contributed by atoms with Crippen molar-refractivity contribution in [3.05, 3.63) is 12.7 Å². The fourth-order valence-corrected chi connectivity index (χ4v) is 4.00. The van der Waals surface area contributed by atoms with Crippen molar-refractivity contribution in [3.8, 4) is 0 Å². The largest absolute Gasteiger partial charge is 0.393 e. The van der Waals surface area contributed by atoms with Crippen LogP contribution in [0.25, 0.3) is 0 Å². The van der Waals surface area contributed by atoms with Gasteiger partial charge in [-0.15, -0.1) is 6.58 Å². The van der Waals surface area contributed by atoms with Gasteiger partial charge < -0.3 is 5.11 Å². The maximum absolute atomic E-state index is 10.1. The van der Waals surface area contributed by atoms with E-state index in [0.717, 1.165) is 31.1 Å². The van der Waals surface area contributed by atoms with Gasteiger partial charge in [0, 0.05) is 0 Å². The van der Waals surface area contributed by atoms with Crippen LogP contribution in [0.3, 0.4) is 0 Å². The minimum atomic E-state index is -0.0314. The molecule has 2 saturated carbocycles. The summed E-state index contributed by atoms with van der Waals surface area (Å²) in [6.07, 6.45) is 7.84. The number of aliphatic hydroxyl groups excluding tert-OH is 1. The maximum atomic E-state index is 10.1. The summed E-state index contributed by atoms with van der Waals surface area (Å²) in [6, 6.07) is 0. The van der Waals surface area contributed by atoms with Crippen LogP contribution in [0.15, 0.2) is 12.7 Å². The molecule has 86 valence electrons. The van der Waals surface area contributed by atoms with Crippen LogP contribution in [0.4, 0.5) is 0 Å². The predicted molar refractivity (Wildman–Crippen MR) is 63.5 cm³/mol.